The first-order valence-electron chi connectivity index (χ1n) is 13.2. The van der Waals surface area contributed by atoms with Gasteiger partial charge in [-0.15, -0.1) is 0 Å². The molecule has 1 aliphatic rings. The maximum absolute atomic E-state index is 13.8. The first-order valence-corrected chi connectivity index (χ1v) is 13.6. The van der Waals surface area contributed by atoms with Gasteiger partial charge in [0.15, 0.2) is 0 Å². The third-order valence-corrected chi connectivity index (χ3v) is 7.67. The Kier molecular flexibility index (Phi) is 10.3. The molecule has 1 fully saturated rings. The number of amides is 2. The summed E-state index contributed by atoms with van der Waals surface area (Å²) in [6.45, 7) is 4.64. The van der Waals surface area contributed by atoms with Crippen molar-refractivity contribution in [3.05, 3.63) is 64.7 Å². The molecule has 0 spiro atoms. The molecule has 0 radical (unpaired) electrons. The molecule has 1 heterocycles. The van der Waals surface area contributed by atoms with Crippen LogP contribution in [-0.4, -0.2) is 65.7 Å². The first-order chi connectivity index (χ1) is 18.4. The Morgan fingerprint density at radius 3 is 2.31 bits per heavy atom. The molecule has 6 nitrogen and oxygen atoms in total. The minimum absolute atomic E-state index is 0.0506. The highest BCUT2D eigenvalue weighted by molar-refractivity contribution is 6.34. The molecule has 0 aliphatic carbocycles. The van der Waals surface area contributed by atoms with Crippen LogP contribution in [0, 0.1) is 5.92 Å². The normalized spacial score (nSPS) is 16.2. The summed E-state index contributed by atoms with van der Waals surface area (Å²) in [5.74, 6) is -0.624. The van der Waals surface area contributed by atoms with Crippen molar-refractivity contribution in [1.82, 2.24) is 9.80 Å². The molecule has 1 saturated heterocycles. The van der Waals surface area contributed by atoms with E-state index in [9.17, 15) is 27.9 Å². The number of halogens is 4. The fourth-order valence-electron chi connectivity index (χ4n) is 4.65. The van der Waals surface area contributed by atoms with Crippen LogP contribution in [0.2, 0.25) is 5.02 Å². The lowest BCUT2D eigenvalue weighted by molar-refractivity contribution is -0.262. The number of likely N-dealkylation sites (tertiary alicyclic amines) is 1. The van der Waals surface area contributed by atoms with Crippen LogP contribution in [0.1, 0.15) is 61.9 Å². The first kappa shape index (κ1) is 30.8. The van der Waals surface area contributed by atoms with Crippen LogP contribution >= 0.6 is 11.6 Å². The number of ether oxygens (including phenoxy) is 1. The molecule has 1 atom stereocenters. The highest BCUT2D eigenvalue weighted by Gasteiger charge is 2.62. The third kappa shape index (κ3) is 7.25. The second-order valence-corrected chi connectivity index (χ2v) is 10.7. The van der Waals surface area contributed by atoms with Crippen molar-refractivity contribution < 1.29 is 32.6 Å². The van der Waals surface area contributed by atoms with Crippen molar-refractivity contribution >= 4 is 23.4 Å². The van der Waals surface area contributed by atoms with Gasteiger partial charge in [0.1, 0.15) is 5.75 Å². The topological polar surface area (TPSA) is 70.1 Å². The number of piperidine rings is 1. The van der Waals surface area contributed by atoms with Crippen LogP contribution in [0.5, 0.6) is 5.75 Å². The number of unbranched alkanes of at least 4 members (excludes halogenated alkanes) is 1. The summed E-state index contributed by atoms with van der Waals surface area (Å²) in [4.78, 5) is 28.1. The molecule has 1 aliphatic heterocycles. The molecule has 3 rings (SSSR count). The number of aliphatic hydroxyl groups is 1. The van der Waals surface area contributed by atoms with Gasteiger partial charge in [-0.2, -0.15) is 13.2 Å². The molecule has 2 aromatic rings. The van der Waals surface area contributed by atoms with Gasteiger partial charge in [-0.1, -0.05) is 48.4 Å². The Bertz CT molecular complexity index is 1120. The Morgan fingerprint density at radius 1 is 1.10 bits per heavy atom. The van der Waals surface area contributed by atoms with E-state index in [1.165, 1.54) is 18.2 Å². The van der Waals surface area contributed by atoms with E-state index in [1.807, 2.05) is 13.8 Å². The minimum atomic E-state index is -5.13. The maximum atomic E-state index is 13.8. The summed E-state index contributed by atoms with van der Waals surface area (Å²) in [6, 6.07) is 11.6. The van der Waals surface area contributed by atoms with Gasteiger partial charge in [0.2, 0.25) is 0 Å². The summed E-state index contributed by atoms with van der Waals surface area (Å²) in [6.07, 6.45) is -1.49. The Morgan fingerprint density at radius 2 is 1.74 bits per heavy atom. The average Bonchev–Trinajstić information content (AvgIpc) is 2.91. The molecule has 214 valence electrons. The van der Waals surface area contributed by atoms with Crippen molar-refractivity contribution in [3.8, 4) is 5.75 Å². The van der Waals surface area contributed by atoms with E-state index >= 15 is 0 Å². The predicted molar refractivity (Wildman–Crippen MR) is 144 cm³/mol. The van der Waals surface area contributed by atoms with Crippen LogP contribution in [-0.2, 0) is 10.4 Å². The summed E-state index contributed by atoms with van der Waals surface area (Å²) in [7, 11) is 1.72. The van der Waals surface area contributed by atoms with E-state index in [1.54, 1.807) is 30.1 Å². The van der Waals surface area contributed by atoms with Crippen LogP contribution < -0.4 is 4.74 Å². The highest BCUT2D eigenvalue weighted by atomic mass is 35.5. The van der Waals surface area contributed by atoms with E-state index in [-0.39, 0.29) is 31.0 Å². The van der Waals surface area contributed by atoms with E-state index in [0.29, 0.717) is 35.8 Å². The molecule has 0 saturated carbocycles. The lowest BCUT2D eigenvalue weighted by Gasteiger charge is -2.38. The average molecular weight is 569 g/mol. The van der Waals surface area contributed by atoms with Gasteiger partial charge in [-0.05, 0) is 63.6 Å². The highest BCUT2D eigenvalue weighted by Crippen LogP contribution is 2.41. The standard InChI is InChI=1S/C29H36ClF3N2O4/c1-20(2)34(3)26(36)24-13-12-23(19-25(24)30)39-18-8-7-9-21-14-16-35(17-15-21)27(37)28(38,29(31,32)33)22-10-5-4-6-11-22/h4-6,10-13,19-21,38H,7-9,14-18H2,1-3H3. The molecular formula is C29H36ClF3N2O4. The van der Waals surface area contributed by atoms with Crippen LogP contribution in [0.25, 0.3) is 0 Å². The Hall–Kier alpha value is -2.78. The van der Waals surface area contributed by atoms with Crippen LogP contribution in [0.4, 0.5) is 13.2 Å². The zero-order valence-corrected chi connectivity index (χ0v) is 23.3. The molecule has 2 aromatic carbocycles. The van der Waals surface area contributed by atoms with E-state index in [4.69, 9.17) is 16.3 Å². The number of hydrogen-bond donors (Lipinski definition) is 1. The second kappa shape index (κ2) is 13.0. The molecule has 0 aromatic heterocycles. The van der Waals surface area contributed by atoms with Crippen LogP contribution in [0.3, 0.4) is 0 Å². The molecule has 2 amide bonds. The van der Waals surface area contributed by atoms with Gasteiger partial charge >= 0.3 is 6.18 Å². The maximum Gasteiger partial charge on any atom is 0.430 e. The van der Waals surface area contributed by atoms with E-state index < -0.39 is 23.2 Å². The number of nitrogens with zero attached hydrogens (tertiary/aromatic N) is 2. The Balaban J connectivity index is 1.43. The number of carbonyl (C=O) groups excluding carboxylic acids is 2. The summed E-state index contributed by atoms with van der Waals surface area (Å²) >= 11 is 6.30. The van der Waals surface area contributed by atoms with Crippen LogP contribution in [0.15, 0.2) is 48.5 Å². The van der Waals surface area contributed by atoms with Gasteiger partial charge in [0.25, 0.3) is 17.4 Å². The molecule has 0 bridgehead atoms. The number of rotatable bonds is 10. The summed E-state index contributed by atoms with van der Waals surface area (Å²) in [5.41, 5.74) is -3.62. The quantitative estimate of drug-likeness (QED) is 0.354. The fraction of sp³-hybridized carbons (Fsp3) is 0.517. The zero-order valence-electron chi connectivity index (χ0n) is 22.5. The molecule has 1 unspecified atom stereocenters. The van der Waals surface area contributed by atoms with E-state index in [2.05, 4.69) is 0 Å². The van der Waals surface area contributed by atoms with Crippen molar-refractivity contribution in [2.24, 2.45) is 5.92 Å². The number of benzene rings is 2. The lowest BCUT2D eigenvalue weighted by Crippen LogP contribution is -2.57. The predicted octanol–water partition coefficient (Wildman–Crippen LogP) is 6.06. The fourth-order valence-corrected chi connectivity index (χ4v) is 4.90. The Labute approximate surface area is 232 Å². The molecule has 10 heteroatoms. The zero-order chi connectivity index (χ0) is 28.8. The van der Waals surface area contributed by atoms with E-state index in [0.717, 1.165) is 36.3 Å². The smallest absolute Gasteiger partial charge is 0.430 e. The lowest BCUT2D eigenvalue weighted by atomic mass is 9.88. The monoisotopic (exact) mass is 568 g/mol. The third-order valence-electron chi connectivity index (χ3n) is 7.35. The van der Waals surface area contributed by atoms with Gasteiger partial charge < -0.3 is 19.6 Å². The minimum Gasteiger partial charge on any atom is -0.494 e. The van der Waals surface area contributed by atoms with Crippen molar-refractivity contribution in [2.45, 2.75) is 63.8 Å². The number of hydrogen-bond acceptors (Lipinski definition) is 4. The summed E-state index contributed by atoms with van der Waals surface area (Å²) in [5, 5.41) is 10.9. The van der Waals surface area contributed by atoms with Gasteiger partial charge in [-0.3, -0.25) is 9.59 Å². The van der Waals surface area contributed by atoms with Crippen molar-refractivity contribution in [1.29, 1.82) is 0 Å². The largest absolute Gasteiger partial charge is 0.494 e. The van der Waals surface area contributed by atoms with Gasteiger partial charge in [-0.25, -0.2) is 0 Å². The van der Waals surface area contributed by atoms with Crippen molar-refractivity contribution in [2.75, 3.05) is 26.7 Å². The number of alkyl halides is 3. The van der Waals surface area contributed by atoms with Gasteiger partial charge in [0, 0.05) is 31.7 Å². The van der Waals surface area contributed by atoms with Crippen molar-refractivity contribution in [3.63, 3.8) is 0 Å². The number of carbonyl (C=O) groups is 2. The molecule has 39 heavy (non-hydrogen) atoms. The molecular weight excluding hydrogens is 533 g/mol. The van der Waals surface area contributed by atoms with Gasteiger partial charge in [0.05, 0.1) is 17.2 Å². The SMILES string of the molecule is CC(C)N(C)C(=O)c1ccc(OCCCCC2CCN(C(=O)C(O)(c3ccccc3)C(F)(F)F)CC2)cc1Cl. The summed E-state index contributed by atoms with van der Waals surface area (Å²) < 4.78 is 47.3. The molecule has 1 N–H and O–H groups in total. The second-order valence-electron chi connectivity index (χ2n) is 10.3.